The van der Waals surface area contributed by atoms with Crippen molar-refractivity contribution in [3.63, 3.8) is 0 Å². The van der Waals surface area contributed by atoms with Crippen molar-refractivity contribution < 1.29 is 9.90 Å². The fourth-order valence-electron chi connectivity index (χ4n) is 3.52. The van der Waals surface area contributed by atoms with Crippen molar-refractivity contribution >= 4 is 5.91 Å². The molecule has 0 radical (unpaired) electrons. The quantitative estimate of drug-likeness (QED) is 0.826. The summed E-state index contributed by atoms with van der Waals surface area (Å²) in [6.07, 6.45) is 8.46. The monoisotopic (exact) mass is 267 g/mol. The molecule has 3 nitrogen and oxygen atoms in total. The van der Waals surface area contributed by atoms with Crippen LogP contribution in [0.25, 0.3) is 0 Å². The molecule has 1 amide bonds. The van der Waals surface area contributed by atoms with Gasteiger partial charge < -0.3 is 10.4 Å². The van der Waals surface area contributed by atoms with E-state index in [1.807, 2.05) is 0 Å². The molecule has 0 aliphatic heterocycles. The van der Waals surface area contributed by atoms with Gasteiger partial charge in [-0.25, -0.2) is 0 Å². The van der Waals surface area contributed by atoms with Crippen LogP contribution < -0.4 is 5.32 Å². The molecule has 0 spiro atoms. The molecule has 0 saturated heterocycles. The van der Waals surface area contributed by atoms with Gasteiger partial charge in [0.15, 0.2) is 0 Å². The van der Waals surface area contributed by atoms with Crippen LogP contribution in [-0.2, 0) is 4.79 Å². The van der Waals surface area contributed by atoms with E-state index in [2.05, 4.69) is 19.2 Å². The van der Waals surface area contributed by atoms with Crippen molar-refractivity contribution in [3.05, 3.63) is 0 Å². The lowest BCUT2D eigenvalue weighted by molar-refractivity contribution is -0.129. The van der Waals surface area contributed by atoms with Crippen molar-refractivity contribution in [2.24, 2.45) is 17.8 Å². The van der Waals surface area contributed by atoms with Gasteiger partial charge in [-0.1, -0.05) is 13.8 Å². The Morgan fingerprint density at radius 2 is 1.58 bits per heavy atom. The smallest absolute Gasteiger partial charge is 0.223 e. The van der Waals surface area contributed by atoms with Crippen LogP contribution in [0.4, 0.5) is 0 Å². The van der Waals surface area contributed by atoms with E-state index >= 15 is 0 Å². The summed E-state index contributed by atoms with van der Waals surface area (Å²) in [4.78, 5) is 12.4. The van der Waals surface area contributed by atoms with Crippen LogP contribution >= 0.6 is 0 Å². The van der Waals surface area contributed by atoms with E-state index in [0.717, 1.165) is 50.4 Å². The first-order valence-electron chi connectivity index (χ1n) is 7.97. The van der Waals surface area contributed by atoms with Gasteiger partial charge in [0.2, 0.25) is 5.91 Å². The number of carbonyl (C=O) groups is 1. The van der Waals surface area contributed by atoms with Crippen molar-refractivity contribution in [3.8, 4) is 0 Å². The van der Waals surface area contributed by atoms with Crippen LogP contribution in [0.2, 0.25) is 0 Å². The van der Waals surface area contributed by atoms with Gasteiger partial charge in [0, 0.05) is 5.92 Å². The lowest BCUT2D eigenvalue weighted by atomic mass is 9.76. The highest BCUT2D eigenvalue weighted by atomic mass is 16.3. The number of amides is 1. The van der Waals surface area contributed by atoms with E-state index in [-0.39, 0.29) is 24.0 Å². The Morgan fingerprint density at radius 3 is 2.11 bits per heavy atom. The molecule has 0 bridgehead atoms. The first-order chi connectivity index (χ1) is 9.04. The average Bonchev–Trinajstić information content (AvgIpc) is 2.42. The molecule has 3 heteroatoms. The maximum Gasteiger partial charge on any atom is 0.223 e. The van der Waals surface area contributed by atoms with E-state index in [9.17, 15) is 9.90 Å². The van der Waals surface area contributed by atoms with Crippen LogP contribution in [0.1, 0.15) is 65.2 Å². The fraction of sp³-hybridized carbons (Fsp3) is 0.938. The predicted octanol–water partition coefficient (Wildman–Crippen LogP) is 2.87. The molecule has 19 heavy (non-hydrogen) atoms. The predicted molar refractivity (Wildman–Crippen MR) is 76.7 cm³/mol. The van der Waals surface area contributed by atoms with Crippen LogP contribution in [0.5, 0.6) is 0 Å². The molecule has 2 aliphatic rings. The Hall–Kier alpha value is -0.570. The largest absolute Gasteiger partial charge is 0.394 e. The molecular weight excluding hydrogens is 238 g/mol. The van der Waals surface area contributed by atoms with Crippen LogP contribution in [0, 0.1) is 17.8 Å². The maximum atomic E-state index is 12.4. The second-order valence-electron chi connectivity index (χ2n) is 7.07. The molecule has 2 rings (SSSR count). The third kappa shape index (κ3) is 3.71. The Kier molecular flexibility index (Phi) is 4.88. The van der Waals surface area contributed by atoms with E-state index in [1.165, 1.54) is 12.8 Å². The number of rotatable bonds is 3. The highest BCUT2D eigenvalue weighted by Crippen LogP contribution is 2.33. The van der Waals surface area contributed by atoms with E-state index < -0.39 is 0 Å². The zero-order valence-electron chi connectivity index (χ0n) is 12.5. The van der Waals surface area contributed by atoms with E-state index in [4.69, 9.17) is 0 Å². The number of hydrogen-bond donors (Lipinski definition) is 2. The summed E-state index contributed by atoms with van der Waals surface area (Å²) in [5, 5.41) is 12.9. The van der Waals surface area contributed by atoms with E-state index in [1.54, 1.807) is 0 Å². The molecule has 0 unspecified atom stereocenters. The van der Waals surface area contributed by atoms with Gasteiger partial charge in [-0.2, -0.15) is 0 Å². The topological polar surface area (TPSA) is 49.3 Å². The zero-order chi connectivity index (χ0) is 13.9. The summed E-state index contributed by atoms with van der Waals surface area (Å²) in [5.41, 5.74) is -0.327. The molecule has 2 fully saturated rings. The minimum atomic E-state index is -0.327. The van der Waals surface area contributed by atoms with Crippen LogP contribution in [-0.4, -0.2) is 23.2 Å². The van der Waals surface area contributed by atoms with E-state index in [0.29, 0.717) is 0 Å². The fourth-order valence-corrected chi connectivity index (χ4v) is 3.52. The van der Waals surface area contributed by atoms with Gasteiger partial charge in [-0.05, 0) is 63.2 Å². The lowest BCUT2D eigenvalue weighted by Gasteiger charge is -2.40. The molecule has 0 heterocycles. The summed E-state index contributed by atoms with van der Waals surface area (Å²) in [6, 6.07) is 0. The molecule has 0 aromatic rings. The summed E-state index contributed by atoms with van der Waals surface area (Å²) in [7, 11) is 0. The lowest BCUT2D eigenvalue weighted by Crippen LogP contribution is -2.55. The molecule has 0 atom stereocenters. The summed E-state index contributed by atoms with van der Waals surface area (Å²) in [5.74, 6) is 1.87. The number of hydrogen-bond acceptors (Lipinski definition) is 2. The first-order valence-corrected chi connectivity index (χ1v) is 7.97. The van der Waals surface area contributed by atoms with Gasteiger partial charge in [0.25, 0.3) is 0 Å². The zero-order valence-corrected chi connectivity index (χ0v) is 12.5. The molecule has 110 valence electrons. The molecule has 0 aromatic carbocycles. The van der Waals surface area contributed by atoms with Gasteiger partial charge in [-0.3, -0.25) is 4.79 Å². The minimum Gasteiger partial charge on any atom is -0.394 e. The molecular formula is C16H29NO2. The normalized spacial score (nSPS) is 39.8. The molecule has 2 saturated carbocycles. The SMILES string of the molecule is CC1CCC(C(=O)NC2(CO)CCC(C)CC2)CC1. The molecule has 0 aromatic heterocycles. The second kappa shape index (κ2) is 6.25. The van der Waals surface area contributed by atoms with Gasteiger partial charge in [-0.15, -0.1) is 0 Å². The summed E-state index contributed by atoms with van der Waals surface area (Å²) in [6.45, 7) is 4.62. The number of carbonyl (C=O) groups excluding carboxylic acids is 1. The second-order valence-corrected chi connectivity index (χ2v) is 7.07. The summed E-state index contributed by atoms with van der Waals surface area (Å²) < 4.78 is 0. The van der Waals surface area contributed by atoms with Crippen molar-refractivity contribution in [1.82, 2.24) is 5.32 Å². The van der Waals surface area contributed by atoms with Gasteiger partial charge in [0.1, 0.15) is 0 Å². The Morgan fingerprint density at radius 1 is 1.05 bits per heavy atom. The third-order valence-electron chi connectivity index (χ3n) is 5.31. The number of aliphatic hydroxyl groups excluding tert-OH is 1. The highest BCUT2D eigenvalue weighted by molar-refractivity contribution is 5.79. The molecule has 2 N–H and O–H groups in total. The third-order valence-corrected chi connectivity index (χ3v) is 5.31. The minimum absolute atomic E-state index is 0.0918. The Balaban J connectivity index is 1.89. The van der Waals surface area contributed by atoms with Gasteiger partial charge >= 0.3 is 0 Å². The number of aliphatic hydroxyl groups is 1. The van der Waals surface area contributed by atoms with Gasteiger partial charge in [0.05, 0.1) is 12.1 Å². The standard InChI is InChI=1S/C16H29NO2/c1-12-3-5-14(6-4-12)15(19)17-16(11-18)9-7-13(2)8-10-16/h12-14,18H,3-11H2,1-2H3,(H,17,19). The molecule has 2 aliphatic carbocycles. The average molecular weight is 267 g/mol. The number of nitrogens with one attached hydrogen (secondary N) is 1. The first kappa shape index (κ1) is 14.8. The Bertz CT molecular complexity index is 300. The van der Waals surface area contributed by atoms with Crippen LogP contribution in [0.15, 0.2) is 0 Å². The van der Waals surface area contributed by atoms with Crippen molar-refractivity contribution in [1.29, 1.82) is 0 Å². The van der Waals surface area contributed by atoms with Crippen molar-refractivity contribution in [2.45, 2.75) is 70.8 Å². The highest BCUT2D eigenvalue weighted by Gasteiger charge is 2.37. The summed E-state index contributed by atoms with van der Waals surface area (Å²) >= 11 is 0. The Labute approximate surface area is 117 Å². The maximum absolute atomic E-state index is 12.4. The van der Waals surface area contributed by atoms with Crippen LogP contribution in [0.3, 0.4) is 0 Å². The van der Waals surface area contributed by atoms with Crippen molar-refractivity contribution in [2.75, 3.05) is 6.61 Å².